The smallest absolute Gasteiger partial charge is 0.237 e. The minimum atomic E-state index is -0.235. The number of pyridine rings is 1. The standard InChI is InChI=1S/C22H27N5O/c1-16-5-6-21-17(10-16)11-20(13-24-21)25(2)19-7-9-26(14-19)15-22(28)27-8-3-4-18(27)12-23/h5-6,10-11,13,18-19H,3-4,7-9,14-15H2,1-2H3/t18-,19-/m0/s1. The number of fused-ring (bicyclic) bond motifs is 1. The summed E-state index contributed by atoms with van der Waals surface area (Å²) in [5.74, 6) is 0.0928. The van der Waals surface area contributed by atoms with Gasteiger partial charge in [0.05, 0.1) is 30.0 Å². The summed E-state index contributed by atoms with van der Waals surface area (Å²) in [5, 5.41) is 10.4. The largest absolute Gasteiger partial charge is 0.369 e. The fourth-order valence-corrected chi connectivity index (χ4v) is 4.40. The van der Waals surface area contributed by atoms with E-state index in [4.69, 9.17) is 0 Å². The number of aromatic nitrogens is 1. The van der Waals surface area contributed by atoms with E-state index in [1.54, 1.807) is 4.90 Å². The Kier molecular flexibility index (Phi) is 5.19. The highest BCUT2D eigenvalue weighted by molar-refractivity contribution is 5.82. The third-order valence-electron chi connectivity index (χ3n) is 6.11. The Morgan fingerprint density at radius 2 is 2.18 bits per heavy atom. The van der Waals surface area contributed by atoms with E-state index in [9.17, 15) is 10.1 Å². The molecule has 0 aliphatic carbocycles. The number of likely N-dealkylation sites (tertiary alicyclic amines) is 2. The van der Waals surface area contributed by atoms with E-state index in [1.165, 1.54) is 5.56 Å². The van der Waals surface area contributed by atoms with Gasteiger partial charge in [-0.05, 0) is 44.4 Å². The third kappa shape index (κ3) is 3.67. The van der Waals surface area contributed by atoms with E-state index in [1.807, 2.05) is 6.20 Å². The second-order valence-corrected chi connectivity index (χ2v) is 8.05. The third-order valence-corrected chi connectivity index (χ3v) is 6.11. The molecule has 1 aromatic carbocycles. The van der Waals surface area contributed by atoms with E-state index in [2.05, 4.69) is 59.1 Å². The summed E-state index contributed by atoms with van der Waals surface area (Å²) in [6.07, 6.45) is 4.70. The van der Waals surface area contributed by atoms with Crippen molar-refractivity contribution >= 4 is 22.5 Å². The van der Waals surface area contributed by atoms with E-state index in [0.717, 1.165) is 55.5 Å². The van der Waals surface area contributed by atoms with E-state index in [-0.39, 0.29) is 11.9 Å². The molecule has 4 rings (SSSR count). The Morgan fingerprint density at radius 1 is 1.32 bits per heavy atom. The predicted molar refractivity (Wildman–Crippen MR) is 110 cm³/mol. The lowest BCUT2D eigenvalue weighted by Gasteiger charge is -2.27. The van der Waals surface area contributed by atoms with Gasteiger partial charge in [0.25, 0.3) is 0 Å². The number of nitriles is 1. The molecular weight excluding hydrogens is 350 g/mol. The van der Waals surface area contributed by atoms with Crippen molar-refractivity contribution in [3.05, 3.63) is 36.0 Å². The molecule has 0 unspecified atom stereocenters. The van der Waals surface area contributed by atoms with Crippen molar-refractivity contribution in [3.63, 3.8) is 0 Å². The van der Waals surface area contributed by atoms with Gasteiger partial charge in [0.15, 0.2) is 0 Å². The number of amides is 1. The maximum Gasteiger partial charge on any atom is 0.237 e. The van der Waals surface area contributed by atoms with Crippen LogP contribution in [0.25, 0.3) is 10.9 Å². The zero-order valence-electron chi connectivity index (χ0n) is 16.6. The summed E-state index contributed by atoms with van der Waals surface area (Å²) < 4.78 is 0. The molecule has 28 heavy (non-hydrogen) atoms. The molecule has 3 heterocycles. The average Bonchev–Trinajstić information content (AvgIpc) is 3.36. The van der Waals surface area contributed by atoms with E-state index in [0.29, 0.717) is 12.6 Å². The minimum absolute atomic E-state index is 0.0928. The van der Waals surface area contributed by atoms with Crippen molar-refractivity contribution in [2.45, 2.75) is 38.3 Å². The number of likely N-dealkylation sites (N-methyl/N-ethyl adjacent to an activating group) is 1. The first kappa shape index (κ1) is 18.7. The first-order valence-corrected chi connectivity index (χ1v) is 10.1. The zero-order valence-corrected chi connectivity index (χ0v) is 16.6. The van der Waals surface area contributed by atoms with Crippen molar-refractivity contribution in [2.24, 2.45) is 0 Å². The van der Waals surface area contributed by atoms with Crippen LogP contribution in [0.2, 0.25) is 0 Å². The molecule has 2 fully saturated rings. The molecule has 2 aliphatic rings. The van der Waals surface area contributed by atoms with Crippen LogP contribution < -0.4 is 4.90 Å². The fourth-order valence-electron chi connectivity index (χ4n) is 4.40. The predicted octanol–water partition coefficient (Wildman–Crippen LogP) is 2.57. The molecule has 0 saturated carbocycles. The molecule has 2 aromatic rings. The number of hydrogen-bond donors (Lipinski definition) is 0. The lowest BCUT2D eigenvalue weighted by Crippen LogP contribution is -2.42. The van der Waals surface area contributed by atoms with Crippen LogP contribution in [0.5, 0.6) is 0 Å². The highest BCUT2D eigenvalue weighted by Gasteiger charge is 2.32. The maximum absolute atomic E-state index is 12.6. The molecule has 0 N–H and O–H groups in total. The Morgan fingerprint density at radius 3 is 3.00 bits per heavy atom. The van der Waals surface area contributed by atoms with Crippen molar-refractivity contribution in [1.82, 2.24) is 14.8 Å². The average molecular weight is 377 g/mol. The molecule has 1 amide bonds. The Balaban J connectivity index is 1.40. The van der Waals surface area contributed by atoms with Crippen molar-refractivity contribution < 1.29 is 4.79 Å². The molecule has 2 saturated heterocycles. The second-order valence-electron chi connectivity index (χ2n) is 8.05. The van der Waals surface area contributed by atoms with E-state index >= 15 is 0 Å². The second kappa shape index (κ2) is 7.76. The van der Waals surface area contributed by atoms with Crippen molar-refractivity contribution in [2.75, 3.05) is 38.1 Å². The first-order chi connectivity index (χ1) is 13.5. The summed E-state index contributed by atoms with van der Waals surface area (Å²) in [5.41, 5.74) is 3.36. The van der Waals surface area contributed by atoms with Crippen LogP contribution in [0.4, 0.5) is 5.69 Å². The molecular formula is C22H27N5O. The normalized spacial score (nSPS) is 22.5. The number of aryl methyl sites for hydroxylation is 1. The molecule has 0 bridgehead atoms. The van der Waals surface area contributed by atoms with Gasteiger partial charge in [-0.25, -0.2) is 0 Å². The van der Waals surface area contributed by atoms with Crippen molar-refractivity contribution in [3.8, 4) is 6.07 Å². The van der Waals surface area contributed by atoms with Gasteiger partial charge in [-0.2, -0.15) is 5.26 Å². The van der Waals surface area contributed by atoms with Crippen LogP contribution >= 0.6 is 0 Å². The number of hydrogen-bond acceptors (Lipinski definition) is 5. The number of rotatable bonds is 4. The summed E-state index contributed by atoms with van der Waals surface area (Å²) in [6.45, 7) is 5.00. The lowest BCUT2D eigenvalue weighted by atomic mass is 10.1. The van der Waals surface area contributed by atoms with Gasteiger partial charge in [0.2, 0.25) is 5.91 Å². The Bertz CT molecular complexity index is 921. The van der Waals surface area contributed by atoms with Crippen LogP contribution in [-0.2, 0) is 4.79 Å². The highest BCUT2D eigenvalue weighted by atomic mass is 16.2. The monoisotopic (exact) mass is 377 g/mol. The molecule has 1 aromatic heterocycles. The van der Waals surface area contributed by atoms with Gasteiger partial charge in [-0.3, -0.25) is 14.7 Å². The van der Waals surface area contributed by atoms with E-state index < -0.39 is 0 Å². The van der Waals surface area contributed by atoms with Gasteiger partial charge >= 0.3 is 0 Å². The number of anilines is 1. The number of benzene rings is 1. The highest BCUT2D eigenvalue weighted by Crippen LogP contribution is 2.25. The molecule has 0 spiro atoms. The number of nitrogens with zero attached hydrogens (tertiary/aromatic N) is 5. The number of carbonyl (C=O) groups excluding carboxylic acids is 1. The molecule has 6 nitrogen and oxygen atoms in total. The van der Waals surface area contributed by atoms with Gasteiger partial charge in [0.1, 0.15) is 6.04 Å². The van der Waals surface area contributed by atoms with Crippen LogP contribution in [0.1, 0.15) is 24.8 Å². The van der Waals surface area contributed by atoms with Crippen LogP contribution in [0.3, 0.4) is 0 Å². The minimum Gasteiger partial charge on any atom is -0.369 e. The van der Waals surface area contributed by atoms with Crippen LogP contribution in [0.15, 0.2) is 30.5 Å². The summed E-state index contributed by atoms with van der Waals surface area (Å²) >= 11 is 0. The van der Waals surface area contributed by atoms with Gasteiger partial charge in [-0.1, -0.05) is 11.6 Å². The lowest BCUT2D eigenvalue weighted by molar-refractivity contribution is -0.132. The summed E-state index contributed by atoms with van der Waals surface area (Å²) in [4.78, 5) is 23.5. The quantitative estimate of drug-likeness (QED) is 0.819. The van der Waals surface area contributed by atoms with Crippen molar-refractivity contribution in [1.29, 1.82) is 5.26 Å². The van der Waals surface area contributed by atoms with Gasteiger partial charge in [0, 0.05) is 38.1 Å². The Labute approximate surface area is 166 Å². The first-order valence-electron chi connectivity index (χ1n) is 10.1. The zero-order chi connectivity index (χ0) is 19.7. The molecule has 6 heteroatoms. The maximum atomic E-state index is 12.6. The SMILES string of the molecule is Cc1ccc2ncc(N(C)[C@H]3CCN(CC(=O)N4CCC[C@H]4C#N)C3)cc2c1. The molecule has 0 radical (unpaired) electrons. The van der Waals surface area contributed by atoms with Crippen LogP contribution in [-0.4, -0.2) is 66.0 Å². The number of carbonyl (C=O) groups is 1. The molecule has 2 aliphatic heterocycles. The summed E-state index contributed by atoms with van der Waals surface area (Å²) in [6, 6.07) is 10.9. The van der Waals surface area contributed by atoms with Gasteiger partial charge < -0.3 is 9.80 Å². The van der Waals surface area contributed by atoms with Crippen LogP contribution in [0, 0.1) is 18.3 Å². The fraction of sp³-hybridized carbons (Fsp3) is 0.500. The summed E-state index contributed by atoms with van der Waals surface area (Å²) in [7, 11) is 2.11. The van der Waals surface area contributed by atoms with Gasteiger partial charge in [-0.15, -0.1) is 0 Å². The Hall–Kier alpha value is -2.65. The molecule has 146 valence electrons. The molecule has 2 atom stereocenters. The topological polar surface area (TPSA) is 63.5 Å².